The zero-order valence-corrected chi connectivity index (χ0v) is 14.4. The van der Waals surface area contributed by atoms with Gasteiger partial charge in [-0.2, -0.15) is 0 Å². The number of nitrogens with zero attached hydrogens (tertiary/aromatic N) is 1. The fourth-order valence-electron chi connectivity index (χ4n) is 2.86. The lowest BCUT2D eigenvalue weighted by Crippen LogP contribution is -2.58. The number of benzene rings is 2. The number of amides is 4. The van der Waals surface area contributed by atoms with E-state index in [-0.39, 0.29) is 6.42 Å². The number of para-hydroxylation sites is 1. The van der Waals surface area contributed by atoms with Gasteiger partial charge >= 0.3 is 6.03 Å². The Morgan fingerprint density at radius 3 is 2.31 bits per heavy atom. The molecule has 7 heteroatoms. The Morgan fingerprint density at radius 1 is 0.962 bits per heavy atom. The molecule has 2 aromatic rings. The van der Waals surface area contributed by atoms with Crippen LogP contribution in [-0.4, -0.2) is 32.1 Å². The van der Waals surface area contributed by atoms with Crippen molar-refractivity contribution in [3.05, 3.63) is 54.1 Å². The average molecular weight is 354 g/mol. The molecule has 1 heterocycles. The normalized spacial score (nSPS) is 17.1. The number of ether oxygens (including phenoxy) is 2. The first kappa shape index (κ1) is 17.5. The molecule has 1 aliphatic rings. The molecule has 1 fully saturated rings. The molecule has 0 aliphatic carbocycles. The molecule has 1 saturated heterocycles. The summed E-state index contributed by atoms with van der Waals surface area (Å²) in [7, 11) is 3.05. The zero-order valence-electron chi connectivity index (χ0n) is 14.4. The third kappa shape index (κ3) is 3.23. The Bertz CT molecular complexity index is 847. The minimum absolute atomic E-state index is 0.134. The molecule has 0 spiro atoms. The number of hydrogen-bond donors (Lipinski definition) is 1. The maximum absolute atomic E-state index is 12.9. The van der Waals surface area contributed by atoms with Crippen LogP contribution in [0.4, 0.5) is 10.5 Å². The number of rotatable bonds is 5. The lowest BCUT2D eigenvalue weighted by Gasteiger charge is -2.30. The molecule has 1 N–H and O–H groups in total. The number of barbiturate groups is 1. The van der Waals surface area contributed by atoms with E-state index in [0.29, 0.717) is 22.7 Å². The Balaban J connectivity index is 1.90. The summed E-state index contributed by atoms with van der Waals surface area (Å²) in [4.78, 5) is 38.3. The van der Waals surface area contributed by atoms with E-state index in [2.05, 4.69) is 5.32 Å². The quantitative estimate of drug-likeness (QED) is 0.832. The maximum Gasteiger partial charge on any atom is 0.335 e. The molecule has 4 amide bonds. The largest absolute Gasteiger partial charge is 0.497 e. The summed E-state index contributed by atoms with van der Waals surface area (Å²) in [6.45, 7) is 0. The van der Waals surface area contributed by atoms with Crippen LogP contribution >= 0.6 is 0 Å². The monoisotopic (exact) mass is 354 g/mol. The van der Waals surface area contributed by atoms with Crippen molar-refractivity contribution >= 4 is 23.5 Å². The number of hydrogen-bond acceptors (Lipinski definition) is 5. The molecule has 134 valence electrons. The van der Waals surface area contributed by atoms with E-state index in [9.17, 15) is 14.4 Å². The van der Waals surface area contributed by atoms with Crippen LogP contribution in [0.5, 0.6) is 11.5 Å². The summed E-state index contributed by atoms with van der Waals surface area (Å²) in [5.41, 5.74) is 1.08. The molecule has 7 nitrogen and oxygen atoms in total. The lowest BCUT2D eigenvalue weighted by atomic mass is 9.94. The number of nitrogens with one attached hydrogen (secondary N) is 1. The van der Waals surface area contributed by atoms with E-state index in [4.69, 9.17) is 9.47 Å². The van der Waals surface area contributed by atoms with Gasteiger partial charge in [-0.1, -0.05) is 18.2 Å². The molecular weight excluding hydrogens is 336 g/mol. The van der Waals surface area contributed by atoms with Gasteiger partial charge in [-0.3, -0.25) is 14.9 Å². The van der Waals surface area contributed by atoms with Crippen LogP contribution in [0.3, 0.4) is 0 Å². The molecular formula is C19H18N2O5. The Kier molecular flexibility index (Phi) is 4.88. The number of carbonyl (C=O) groups excluding carboxylic acids is 3. The highest BCUT2D eigenvalue weighted by Gasteiger charge is 2.41. The number of anilines is 1. The van der Waals surface area contributed by atoms with Gasteiger partial charge in [-0.05, 0) is 42.3 Å². The van der Waals surface area contributed by atoms with Crippen LogP contribution in [0, 0.1) is 5.92 Å². The van der Waals surface area contributed by atoms with Crippen molar-refractivity contribution in [1.29, 1.82) is 0 Å². The predicted molar refractivity (Wildman–Crippen MR) is 94.2 cm³/mol. The topological polar surface area (TPSA) is 84.9 Å². The van der Waals surface area contributed by atoms with Gasteiger partial charge in [0.15, 0.2) is 0 Å². The highest BCUT2D eigenvalue weighted by Crippen LogP contribution is 2.27. The van der Waals surface area contributed by atoms with Crippen LogP contribution in [0.2, 0.25) is 0 Å². The molecule has 0 aromatic heterocycles. The van der Waals surface area contributed by atoms with Gasteiger partial charge in [-0.25, -0.2) is 9.69 Å². The molecule has 0 radical (unpaired) electrons. The fraction of sp³-hybridized carbons (Fsp3) is 0.211. The summed E-state index contributed by atoms with van der Waals surface area (Å²) in [6.07, 6.45) is 0.134. The summed E-state index contributed by atoms with van der Waals surface area (Å²) >= 11 is 0. The first-order chi connectivity index (χ1) is 12.5. The molecule has 1 atom stereocenters. The van der Waals surface area contributed by atoms with E-state index >= 15 is 0 Å². The van der Waals surface area contributed by atoms with Gasteiger partial charge < -0.3 is 9.47 Å². The number of methoxy groups -OCH3 is 2. The van der Waals surface area contributed by atoms with E-state index in [0.717, 1.165) is 4.90 Å². The molecule has 26 heavy (non-hydrogen) atoms. The molecule has 1 aliphatic heterocycles. The average Bonchev–Trinajstić information content (AvgIpc) is 2.66. The highest BCUT2D eigenvalue weighted by atomic mass is 16.5. The summed E-state index contributed by atoms with van der Waals surface area (Å²) in [6, 6.07) is 12.8. The smallest absolute Gasteiger partial charge is 0.335 e. The van der Waals surface area contributed by atoms with Crippen LogP contribution in [-0.2, 0) is 16.0 Å². The number of carbonyl (C=O) groups is 3. The van der Waals surface area contributed by atoms with Crippen molar-refractivity contribution in [3.63, 3.8) is 0 Å². The Morgan fingerprint density at radius 2 is 1.65 bits per heavy atom. The third-order valence-electron chi connectivity index (χ3n) is 4.22. The minimum atomic E-state index is -1.02. The maximum atomic E-state index is 12.9. The number of imide groups is 2. The Labute approximate surface area is 150 Å². The van der Waals surface area contributed by atoms with E-state index < -0.39 is 23.8 Å². The standard InChI is InChI=1S/C19H18N2O5/c1-25-14-9-7-13(8-10-14)21-18(23)15(17(22)20-19(21)24)11-12-5-3-4-6-16(12)26-2/h3-10,15H,11H2,1-2H3,(H,20,22,24). The third-order valence-corrected chi connectivity index (χ3v) is 4.22. The lowest BCUT2D eigenvalue weighted by molar-refractivity contribution is -0.134. The van der Waals surface area contributed by atoms with Crippen molar-refractivity contribution in [2.24, 2.45) is 5.92 Å². The second kappa shape index (κ2) is 7.26. The van der Waals surface area contributed by atoms with Crippen LogP contribution in [0.15, 0.2) is 48.5 Å². The molecule has 0 bridgehead atoms. The first-order valence-corrected chi connectivity index (χ1v) is 8.00. The van der Waals surface area contributed by atoms with Gasteiger partial charge in [0.1, 0.15) is 17.4 Å². The SMILES string of the molecule is COc1ccc(N2C(=O)NC(=O)C(Cc3ccccc3OC)C2=O)cc1. The summed E-state index contributed by atoms with van der Waals surface area (Å²) in [5, 5.41) is 2.25. The van der Waals surface area contributed by atoms with Gasteiger partial charge in [0, 0.05) is 0 Å². The fourth-order valence-corrected chi connectivity index (χ4v) is 2.86. The van der Waals surface area contributed by atoms with Crippen molar-refractivity contribution in [2.75, 3.05) is 19.1 Å². The van der Waals surface area contributed by atoms with Crippen LogP contribution in [0.25, 0.3) is 0 Å². The van der Waals surface area contributed by atoms with Gasteiger partial charge in [-0.15, -0.1) is 0 Å². The summed E-state index contributed by atoms with van der Waals surface area (Å²) in [5.74, 6) is -1.03. The number of urea groups is 1. The van der Waals surface area contributed by atoms with Crippen molar-refractivity contribution < 1.29 is 23.9 Å². The Hall–Kier alpha value is -3.35. The first-order valence-electron chi connectivity index (χ1n) is 8.00. The zero-order chi connectivity index (χ0) is 18.7. The van der Waals surface area contributed by atoms with E-state index in [1.165, 1.54) is 14.2 Å². The van der Waals surface area contributed by atoms with Crippen LogP contribution in [0.1, 0.15) is 5.56 Å². The molecule has 1 unspecified atom stereocenters. The molecule has 3 rings (SSSR count). The van der Waals surface area contributed by atoms with Gasteiger partial charge in [0.25, 0.3) is 0 Å². The highest BCUT2D eigenvalue weighted by molar-refractivity contribution is 6.27. The van der Waals surface area contributed by atoms with Gasteiger partial charge in [0.05, 0.1) is 19.9 Å². The van der Waals surface area contributed by atoms with Gasteiger partial charge in [0.2, 0.25) is 11.8 Å². The molecule has 2 aromatic carbocycles. The van der Waals surface area contributed by atoms with Crippen LogP contribution < -0.4 is 19.7 Å². The summed E-state index contributed by atoms with van der Waals surface area (Å²) < 4.78 is 10.4. The van der Waals surface area contributed by atoms with E-state index in [1.807, 2.05) is 0 Å². The van der Waals surface area contributed by atoms with Crippen molar-refractivity contribution in [3.8, 4) is 11.5 Å². The molecule has 0 saturated carbocycles. The second-order valence-corrected chi connectivity index (χ2v) is 5.73. The second-order valence-electron chi connectivity index (χ2n) is 5.73. The predicted octanol–water partition coefficient (Wildman–Crippen LogP) is 2.15. The van der Waals surface area contributed by atoms with Crippen molar-refractivity contribution in [1.82, 2.24) is 5.32 Å². The van der Waals surface area contributed by atoms with Crippen molar-refractivity contribution in [2.45, 2.75) is 6.42 Å². The minimum Gasteiger partial charge on any atom is -0.497 e. The van der Waals surface area contributed by atoms with E-state index in [1.54, 1.807) is 48.5 Å².